The Labute approximate surface area is 103 Å². The van der Waals surface area contributed by atoms with Crippen molar-refractivity contribution in [3.05, 3.63) is 42.1 Å². The summed E-state index contributed by atoms with van der Waals surface area (Å²) in [5, 5.41) is 0. The summed E-state index contributed by atoms with van der Waals surface area (Å²) in [7, 11) is 1.72. The molecule has 0 unspecified atom stereocenters. The van der Waals surface area contributed by atoms with Gasteiger partial charge in [-0.2, -0.15) is 0 Å². The van der Waals surface area contributed by atoms with Crippen LogP contribution in [-0.2, 0) is 0 Å². The van der Waals surface area contributed by atoms with Gasteiger partial charge >= 0.3 is 0 Å². The van der Waals surface area contributed by atoms with Gasteiger partial charge < -0.3 is 9.30 Å². The molecule has 0 amide bonds. The molecule has 0 radical (unpaired) electrons. The van der Waals surface area contributed by atoms with Crippen LogP contribution in [0.3, 0.4) is 0 Å². The first kappa shape index (κ1) is 11.8. The summed E-state index contributed by atoms with van der Waals surface area (Å²) < 4.78 is 7.76. The maximum atomic E-state index is 5.43. The third-order valence-electron chi connectivity index (χ3n) is 3.02. The fourth-order valence-corrected chi connectivity index (χ4v) is 2.31. The van der Waals surface area contributed by atoms with Gasteiger partial charge in [0, 0.05) is 17.3 Å². The minimum absolute atomic E-state index is 0.449. The van der Waals surface area contributed by atoms with E-state index in [4.69, 9.17) is 4.74 Å². The Kier molecular flexibility index (Phi) is 3.23. The molecule has 0 fully saturated rings. The van der Waals surface area contributed by atoms with E-state index in [-0.39, 0.29) is 0 Å². The zero-order valence-corrected chi connectivity index (χ0v) is 10.9. The van der Waals surface area contributed by atoms with Crippen molar-refractivity contribution in [1.82, 2.24) is 4.57 Å². The zero-order valence-electron chi connectivity index (χ0n) is 10.9. The number of ether oxygens (including phenoxy) is 1. The van der Waals surface area contributed by atoms with Crippen LogP contribution in [0.15, 0.2) is 36.4 Å². The van der Waals surface area contributed by atoms with Crippen LogP contribution in [0.5, 0.6) is 5.75 Å². The molecule has 2 aromatic rings. The highest BCUT2D eigenvalue weighted by atomic mass is 16.5. The summed E-state index contributed by atoms with van der Waals surface area (Å²) in [6.07, 6.45) is 0. The van der Waals surface area contributed by atoms with Crippen LogP contribution in [0.25, 0.3) is 11.3 Å². The third kappa shape index (κ3) is 2.07. The first-order valence-corrected chi connectivity index (χ1v) is 5.96. The van der Waals surface area contributed by atoms with Gasteiger partial charge in [-0.1, -0.05) is 12.1 Å². The Hall–Kier alpha value is -1.70. The number of methoxy groups -OCH3 is 1. The summed E-state index contributed by atoms with van der Waals surface area (Å²) in [5.74, 6) is 0.924. The van der Waals surface area contributed by atoms with Gasteiger partial charge in [-0.3, -0.25) is 0 Å². The summed E-state index contributed by atoms with van der Waals surface area (Å²) in [6.45, 7) is 6.54. The van der Waals surface area contributed by atoms with Crippen molar-refractivity contribution in [2.45, 2.75) is 26.8 Å². The molecule has 1 aromatic carbocycles. The second-order valence-electron chi connectivity index (χ2n) is 4.52. The monoisotopic (exact) mass is 229 g/mol. The second kappa shape index (κ2) is 4.66. The van der Waals surface area contributed by atoms with Gasteiger partial charge in [0.2, 0.25) is 0 Å². The van der Waals surface area contributed by atoms with Gasteiger partial charge in [-0.25, -0.2) is 0 Å². The van der Waals surface area contributed by atoms with E-state index in [2.05, 4.69) is 43.5 Å². The molecule has 0 bridgehead atoms. The predicted molar refractivity (Wildman–Crippen MR) is 71.5 cm³/mol. The summed E-state index contributed by atoms with van der Waals surface area (Å²) in [6, 6.07) is 12.9. The van der Waals surface area contributed by atoms with Crippen LogP contribution in [0, 0.1) is 6.92 Å². The van der Waals surface area contributed by atoms with Crippen LogP contribution in [0.2, 0.25) is 0 Å². The van der Waals surface area contributed by atoms with Crippen molar-refractivity contribution in [3.8, 4) is 17.0 Å². The lowest BCUT2D eigenvalue weighted by atomic mass is 10.1. The van der Waals surface area contributed by atoms with Crippen LogP contribution in [-0.4, -0.2) is 11.7 Å². The molecule has 0 saturated heterocycles. The Bertz CT molecular complexity index is 511. The minimum atomic E-state index is 0.449. The summed E-state index contributed by atoms with van der Waals surface area (Å²) in [5.41, 5.74) is 3.65. The highest BCUT2D eigenvalue weighted by Gasteiger charge is 2.13. The zero-order chi connectivity index (χ0) is 12.4. The largest absolute Gasteiger partial charge is 0.496 e. The highest BCUT2D eigenvalue weighted by molar-refractivity contribution is 5.68. The van der Waals surface area contributed by atoms with Gasteiger partial charge in [0.15, 0.2) is 0 Å². The van der Waals surface area contributed by atoms with Crippen molar-refractivity contribution in [2.75, 3.05) is 7.11 Å². The number of rotatable bonds is 3. The highest BCUT2D eigenvalue weighted by Crippen LogP contribution is 2.32. The van der Waals surface area contributed by atoms with Crippen molar-refractivity contribution in [2.24, 2.45) is 0 Å². The average molecular weight is 229 g/mol. The van der Waals surface area contributed by atoms with Crippen LogP contribution < -0.4 is 4.74 Å². The average Bonchev–Trinajstić information content (AvgIpc) is 2.71. The lowest BCUT2D eigenvalue weighted by Gasteiger charge is -2.17. The number of hydrogen-bond acceptors (Lipinski definition) is 1. The summed E-state index contributed by atoms with van der Waals surface area (Å²) >= 11 is 0. The van der Waals surface area contributed by atoms with E-state index in [9.17, 15) is 0 Å². The molecule has 1 aromatic heterocycles. The molecule has 2 heteroatoms. The molecule has 0 aliphatic carbocycles. The molecule has 17 heavy (non-hydrogen) atoms. The van der Waals surface area contributed by atoms with E-state index < -0.39 is 0 Å². The summed E-state index contributed by atoms with van der Waals surface area (Å²) in [4.78, 5) is 0. The van der Waals surface area contributed by atoms with E-state index in [0.717, 1.165) is 11.3 Å². The van der Waals surface area contributed by atoms with E-state index in [1.54, 1.807) is 7.11 Å². The maximum absolute atomic E-state index is 5.43. The molecule has 90 valence electrons. The Morgan fingerprint density at radius 1 is 1.06 bits per heavy atom. The third-order valence-corrected chi connectivity index (χ3v) is 3.02. The Morgan fingerprint density at radius 2 is 1.76 bits per heavy atom. The van der Waals surface area contributed by atoms with Gasteiger partial charge in [-0.05, 0) is 45.0 Å². The fourth-order valence-electron chi connectivity index (χ4n) is 2.31. The molecular formula is C15H19NO. The van der Waals surface area contributed by atoms with Crippen molar-refractivity contribution in [3.63, 3.8) is 0 Å². The van der Waals surface area contributed by atoms with Crippen molar-refractivity contribution < 1.29 is 4.74 Å². The molecule has 0 N–H and O–H groups in total. The smallest absolute Gasteiger partial charge is 0.128 e. The molecule has 0 atom stereocenters. The lowest BCUT2D eigenvalue weighted by Crippen LogP contribution is -2.05. The lowest BCUT2D eigenvalue weighted by molar-refractivity contribution is 0.416. The van der Waals surface area contributed by atoms with Gasteiger partial charge in [-0.15, -0.1) is 0 Å². The molecule has 0 aliphatic rings. The standard InChI is InChI=1S/C15H19NO/c1-11(2)16-12(3)9-10-14(16)13-7-5-6-8-15(13)17-4/h5-11H,1-4H3. The van der Waals surface area contributed by atoms with Crippen molar-refractivity contribution in [1.29, 1.82) is 0 Å². The fraction of sp³-hybridized carbons (Fsp3) is 0.333. The quantitative estimate of drug-likeness (QED) is 0.774. The first-order chi connectivity index (χ1) is 8.15. The number of benzene rings is 1. The molecule has 2 rings (SSSR count). The van der Waals surface area contributed by atoms with Gasteiger partial charge in [0.25, 0.3) is 0 Å². The SMILES string of the molecule is COc1ccccc1-c1ccc(C)n1C(C)C. The molecule has 0 saturated carbocycles. The molecule has 0 aliphatic heterocycles. The second-order valence-corrected chi connectivity index (χ2v) is 4.52. The van der Waals surface area contributed by atoms with Gasteiger partial charge in [0.05, 0.1) is 12.8 Å². The van der Waals surface area contributed by atoms with Crippen LogP contribution in [0.4, 0.5) is 0 Å². The molecule has 2 nitrogen and oxygen atoms in total. The molecular weight excluding hydrogens is 210 g/mol. The first-order valence-electron chi connectivity index (χ1n) is 5.96. The van der Waals surface area contributed by atoms with Crippen LogP contribution >= 0.6 is 0 Å². The Balaban J connectivity index is 2.60. The number of aryl methyl sites for hydroxylation is 1. The van der Waals surface area contributed by atoms with Gasteiger partial charge in [0.1, 0.15) is 5.75 Å². The number of nitrogens with zero attached hydrogens (tertiary/aromatic N) is 1. The molecule has 1 heterocycles. The maximum Gasteiger partial charge on any atom is 0.128 e. The Morgan fingerprint density at radius 3 is 2.41 bits per heavy atom. The topological polar surface area (TPSA) is 14.2 Å². The number of hydrogen-bond donors (Lipinski definition) is 0. The van der Waals surface area contributed by atoms with Crippen molar-refractivity contribution >= 4 is 0 Å². The minimum Gasteiger partial charge on any atom is -0.496 e. The van der Waals surface area contributed by atoms with E-state index in [0.29, 0.717) is 6.04 Å². The molecule has 0 spiro atoms. The van der Waals surface area contributed by atoms with E-state index in [1.165, 1.54) is 11.4 Å². The van der Waals surface area contributed by atoms with E-state index >= 15 is 0 Å². The van der Waals surface area contributed by atoms with Crippen LogP contribution in [0.1, 0.15) is 25.6 Å². The predicted octanol–water partition coefficient (Wildman–Crippen LogP) is 4.05. The normalized spacial score (nSPS) is 10.9. The van der Waals surface area contributed by atoms with E-state index in [1.807, 2.05) is 18.2 Å². The number of para-hydroxylation sites is 1. The number of aromatic nitrogens is 1.